The largest absolute Gasteiger partial charge is 0.317 e. The number of rotatable bonds is 2. The smallest absolute Gasteiger partial charge is 0.129 e. The van der Waals surface area contributed by atoms with Crippen molar-refractivity contribution in [1.29, 1.82) is 5.26 Å². The molecule has 1 aromatic carbocycles. The van der Waals surface area contributed by atoms with Crippen molar-refractivity contribution in [2.45, 2.75) is 25.7 Å². The molecule has 0 aromatic heterocycles. The summed E-state index contributed by atoms with van der Waals surface area (Å²) >= 11 is 0. The molecule has 0 amide bonds. The average Bonchev–Trinajstić information content (AvgIpc) is 2.39. The minimum atomic E-state index is -0.584. The van der Waals surface area contributed by atoms with Gasteiger partial charge in [-0.25, -0.2) is 8.78 Å². The summed E-state index contributed by atoms with van der Waals surface area (Å²) in [4.78, 5) is 0. The molecule has 4 heteroatoms. The molecular formula is C14H16F2N2. The van der Waals surface area contributed by atoms with Crippen LogP contribution in [0.15, 0.2) is 18.2 Å². The van der Waals surface area contributed by atoms with Crippen LogP contribution in [-0.2, 0) is 0 Å². The highest BCUT2D eigenvalue weighted by atomic mass is 19.1. The summed E-state index contributed by atoms with van der Waals surface area (Å²) in [6.45, 7) is 3.38. The Hall–Kier alpha value is -1.47. The molecule has 1 unspecified atom stereocenters. The van der Waals surface area contributed by atoms with Gasteiger partial charge in [0.25, 0.3) is 0 Å². The third-order valence-electron chi connectivity index (χ3n) is 3.98. The minimum absolute atomic E-state index is 0.231. The lowest BCUT2D eigenvalue weighted by molar-refractivity contribution is 0.235. The van der Waals surface area contributed by atoms with E-state index in [-0.39, 0.29) is 5.92 Å². The van der Waals surface area contributed by atoms with Gasteiger partial charge in [0.1, 0.15) is 11.6 Å². The average molecular weight is 250 g/mol. The number of benzene rings is 1. The Morgan fingerprint density at radius 1 is 1.33 bits per heavy atom. The van der Waals surface area contributed by atoms with Crippen molar-refractivity contribution in [3.05, 3.63) is 35.4 Å². The van der Waals surface area contributed by atoms with Crippen molar-refractivity contribution in [1.82, 2.24) is 5.32 Å². The fourth-order valence-electron chi connectivity index (χ4n) is 2.66. The summed E-state index contributed by atoms with van der Waals surface area (Å²) in [5.74, 6) is -1.37. The third kappa shape index (κ3) is 2.23. The molecule has 1 heterocycles. The van der Waals surface area contributed by atoms with Gasteiger partial charge >= 0.3 is 0 Å². The van der Waals surface area contributed by atoms with Gasteiger partial charge in [0.2, 0.25) is 0 Å². The van der Waals surface area contributed by atoms with E-state index in [1.165, 1.54) is 12.1 Å². The first-order valence-corrected chi connectivity index (χ1v) is 6.16. The molecular weight excluding hydrogens is 234 g/mol. The summed E-state index contributed by atoms with van der Waals surface area (Å²) in [5.41, 5.74) is -0.121. The number of nitrogens with zero attached hydrogens (tertiary/aromatic N) is 1. The minimum Gasteiger partial charge on any atom is -0.317 e. The molecule has 2 rings (SSSR count). The van der Waals surface area contributed by atoms with E-state index >= 15 is 0 Å². The van der Waals surface area contributed by atoms with Crippen molar-refractivity contribution in [2.24, 2.45) is 5.41 Å². The summed E-state index contributed by atoms with van der Waals surface area (Å²) < 4.78 is 26.7. The number of halogens is 2. The van der Waals surface area contributed by atoms with Gasteiger partial charge in [-0.3, -0.25) is 0 Å². The van der Waals surface area contributed by atoms with Crippen LogP contribution in [0.2, 0.25) is 0 Å². The molecule has 0 radical (unpaired) electrons. The van der Waals surface area contributed by atoms with Crippen molar-refractivity contribution >= 4 is 0 Å². The lowest BCUT2D eigenvalue weighted by atomic mass is 9.68. The summed E-state index contributed by atoms with van der Waals surface area (Å²) in [6.07, 6.45) is 1.39. The SMILES string of the molecule is CC(c1ccc(F)cc1F)C1(C#N)CCNCC1. The second kappa shape index (κ2) is 5.03. The van der Waals surface area contributed by atoms with Gasteiger partial charge < -0.3 is 5.32 Å². The lowest BCUT2D eigenvalue weighted by Crippen LogP contribution is -2.39. The quantitative estimate of drug-likeness (QED) is 0.876. The molecule has 1 atom stereocenters. The molecule has 1 aromatic rings. The molecule has 96 valence electrons. The summed E-state index contributed by atoms with van der Waals surface area (Å²) in [6, 6.07) is 5.95. The zero-order valence-electron chi connectivity index (χ0n) is 10.3. The van der Waals surface area contributed by atoms with Crippen LogP contribution in [0.5, 0.6) is 0 Å². The van der Waals surface area contributed by atoms with E-state index in [1.807, 2.05) is 6.92 Å². The van der Waals surface area contributed by atoms with Gasteiger partial charge in [0, 0.05) is 12.0 Å². The van der Waals surface area contributed by atoms with E-state index in [9.17, 15) is 14.0 Å². The van der Waals surface area contributed by atoms with Crippen LogP contribution >= 0.6 is 0 Å². The maximum absolute atomic E-state index is 13.8. The van der Waals surface area contributed by atoms with Crippen molar-refractivity contribution < 1.29 is 8.78 Å². The third-order valence-corrected chi connectivity index (χ3v) is 3.98. The van der Waals surface area contributed by atoms with E-state index < -0.39 is 17.0 Å². The maximum Gasteiger partial charge on any atom is 0.129 e. The Bertz CT molecular complexity index is 473. The highest BCUT2D eigenvalue weighted by Gasteiger charge is 2.39. The number of nitriles is 1. The Labute approximate surface area is 106 Å². The van der Waals surface area contributed by atoms with Crippen LogP contribution in [0.1, 0.15) is 31.2 Å². The van der Waals surface area contributed by atoms with Gasteiger partial charge in [-0.2, -0.15) is 5.26 Å². The van der Waals surface area contributed by atoms with E-state index in [1.54, 1.807) is 0 Å². The van der Waals surface area contributed by atoms with Crippen LogP contribution in [0, 0.1) is 28.4 Å². The Morgan fingerprint density at radius 2 is 2.00 bits per heavy atom. The van der Waals surface area contributed by atoms with Crippen LogP contribution in [0.25, 0.3) is 0 Å². The predicted octanol–water partition coefficient (Wildman–Crippen LogP) is 2.96. The van der Waals surface area contributed by atoms with Gasteiger partial charge in [-0.05, 0) is 37.6 Å². The Morgan fingerprint density at radius 3 is 2.56 bits per heavy atom. The highest BCUT2D eigenvalue weighted by molar-refractivity contribution is 5.27. The number of nitrogens with one attached hydrogen (secondary N) is 1. The molecule has 0 saturated carbocycles. The van der Waals surface area contributed by atoms with Gasteiger partial charge in [-0.1, -0.05) is 13.0 Å². The fraction of sp³-hybridized carbons (Fsp3) is 0.500. The Kier molecular flexibility index (Phi) is 3.63. The first-order valence-electron chi connectivity index (χ1n) is 6.16. The van der Waals surface area contributed by atoms with Gasteiger partial charge in [0.05, 0.1) is 11.5 Å². The van der Waals surface area contributed by atoms with Crippen molar-refractivity contribution in [3.63, 3.8) is 0 Å². The lowest BCUT2D eigenvalue weighted by Gasteiger charge is -2.36. The predicted molar refractivity (Wildman–Crippen MR) is 64.9 cm³/mol. The monoisotopic (exact) mass is 250 g/mol. The molecule has 2 nitrogen and oxygen atoms in total. The van der Waals surface area contributed by atoms with Crippen LogP contribution < -0.4 is 5.32 Å². The van der Waals surface area contributed by atoms with E-state index in [4.69, 9.17) is 0 Å². The summed E-state index contributed by atoms with van der Waals surface area (Å²) in [7, 11) is 0. The molecule has 1 aliphatic heterocycles. The van der Waals surface area contributed by atoms with Gasteiger partial charge in [-0.15, -0.1) is 0 Å². The standard InChI is InChI=1S/C14H16F2N2/c1-10(12-3-2-11(15)8-13(12)16)14(9-17)4-6-18-7-5-14/h2-3,8,10,18H,4-7H2,1H3. The molecule has 0 aliphatic carbocycles. The normalized spacial score (nSPS) is 20.1. The zero-order chi connectivity index (χ0) is 13.2. The molecule has 1 saturated heterocycles. The van der Waals surface area contributed by atoms with E-state index in [0.29, 0.717) is 18.4 Å². The second-order valence-corrected chi connectivity index (χ2v) is 4.91. The first kappa shape index (κ1) is 13.0. The molecule has 1 fully saturated rings. The van der Waals surface area contributed by atoms with E-state index in [0.717, 1.165) is 19.2 Å². The van der Waals surface area contributed by atoms with Crippen molar-refractivity contribution in [3.8, 4) is 6.07 Å². The highest BCUT2D eigenvalue weighted by Crippen LogP contribution is 2.43. The topological polar surface area (TPSA) is 35.8 Å². The fourth-order valence-corrected chi connectivity index (χ4v) is 2.66. The molecule has 1 aliphatic rings. The second-order valence-electron chi connectivity index (χ2n) is 4.91. The van der Waals surface area contributed by atoms with Crippen molar-refractivity contribution in [2.75, 3.05) is 13.1 Å². The molecule has 0 bridgehead atoms. The first-order chi connectivity index (χ1) is 8.59. The zero-order valence-corrected chi connectivity index (χ0v) is 10.3. The maximum atomic E-state index is 13.8. The molecule has 1 N–H and O–H groups in total. The number of hydrogen-bond acceptors (Lipinski definition) is 2. The number of piperidine rings is 1. The van der Waals surface area contributed by atoms with E-state index in [2.05, 4.69) is 11.4 Å². The molecule has 0 spiro atoms. The van der Waals surface area contributed by atoms with Crippen LogP contribution in [0.4, 0.5) is 8.78 Å². The number of hydrogen-bond donors (Lipinski definition) is 1. The van der Waals surface area contributed by atoms with Crippen LogP contribution in [0.3, 0.4) is 0 Å². The van der Waals surface area contributed by atoms with Gasteiger partial charge in [0.15, 0.2) is 0 Å². The Balaban J connectivity index is 2.34. The van der Waals surface area contributed by atoms with Crippen LogP contribution in [-0.4, -0.2) is 13.1 Å². The molecule has 18 heavy (non-hydrogen) atoms. The summed E-state index contributed by atoms with van der Waals surface area (Å²) in [5, 5.41) is 12.6.